The zero-order chi connectivity index (χ0) is 26.8. The Labute approximate surface area is 226 Å². The van der Waals surface area contributed by atoms with Gasteiger partial charge in [-0.1, -0.05) is 30.3 Å². The summed E-state index contributed by atoms with van der Waals surface area (Å²) < 4.78 is 26.6. The number of benzene rings is 2. The minimum atomic E-state index is -0.328. The van der Waals surface area contributed by atoms with Gasteiger partial charge in [0.1, 0.15) is 5.82 Å². The molecule has 0 saturated carbocycles. The van der Waals surface area contributed by atoms with E-state index in [2.05, 4.69) is 26.7 Å². The second kappa shape index (κ2) is 10.8. The van der Waals surface area contributed by atoms with Gasteiger partial charge in [0.05, 0.1) is 53.8 Å². The summed E-state index contributed by atoms with van der Waals surface area (Å²) in [5.41, 5.74) is 6.40. The van der Waals surface area contributed by atoms with Crippen molar-refractivity contribution in [3.63, 3.8) is 0 Å². The fourth-order valence-corrected chi connectivity index (χ4v) is 5.02. The summed E-state index contributed by atoms with van der Waals surface area (Å²) in [6.07, 6.45) is 3.41. The van der Waals surface area contributed by atoms with Gasteiger partial charge in [-0.05, 0) is 48.9 Å². The number of nitrogens with one attached hydrogen (secondary N) is 2. The first-order chi connectivity index (χ1) is 19.1. The molecule has 1 aliphatic heterocycles. The molecule has 3 aromatic heterocycles. The molecule has 0 bridgehead atoms. The number of para-hydroxylation sites is 1. The molecular formula is C31H28FN5O2. The Kier molecular flexibility index (Phi) is 6.87. The Balaban J connectivity index is 1.32. The van der Waals surface area contributed by atoms with Gasteiger partial charge in [-0.2, -0.15) is 0 Å². The molecule has 2 N–H and O–H groups in total. The predicted molar refractivity (Wildman–Crippen MR) is 150 cm³/mol. The van der Waals surface area contributed by atoms with Gasteiger partial charge in [-0.15, -0.1) is 0 Å². The van der Waals surface area contributed by atoms with Crippen LogP contribution in [0.4, 0.5) is 15.8 Å². The van der Waals surface area contributed by atoms with Crippen molar-refractivity contribution in [3.8, 4) is 17.3 Å². The second-order valence-electron chi connectivity index (χ2n) is 9.44. The summed E-state index contributed by atoms with van der Waals surface area (Å²) in [6, 6.07) is 22.5. The molecule has 8 heteroatoms. The summed E-state index contributed by atoms with van der Waals surface area (Å²) in [5.74, 6) is 0.243. The van der Waals surface area contributed by atoms with Gasteiger partial charge in [0, 0.05) is 41.8 Å². The summed E-state index contributed by atoms with van der Waals surface area (Å²) in [6.45, 7) is 3.05. The maximum atomic E-state index is 15.2. The van der Waals surface area contributed by atoms with Crippen molar-refractivity contribution in [1.29, 1.82) is 0 Å². The van der Waals surface area contributed by atoms with Gasteiger partial charge < -0.3 is 20.1 Å². The van der Waals surface area contributed by atoms with E-state index < -0.39 is 0 Å². The summed E-state index contributed by atoms with van der Waals surface area (Å²) in [4.78, 5) is 13.6. The van der Waals surface area contributed by atoms with E-state index >= 15 is 4.39 Å². The van der Waals surface area contributed by atoms with Crippen molar-refractivity contribution >= 4 is 22.3 Å². The number of aromatic nitrogens is 3. The highest BCUT2D eigenvalue weighted by Gasteiger charge is 2.26. The Hall–Kier alpha value is -4.40. The minimum Gasteiger partial charge on any atom is -0.481 e. The number of hydrogen-bond acceptors (Lipinski definition) is 7. The van der Waals surface area contributed by atoms with Gasteiger partial charge in [-0.25, -0.2) is 14.4 Å². The number of morpholine rings is 1. The van der Waals surface area contributed by atoms with Crippen LogP contribution in [-0.2, 0) is 4.74 Å². The Morgan fingerprint density at radius 3 is 2.62 bits per heavy atom. The van der Waals surface area contributed by atoms with E-state index in [-0.39, 0.29) is 18.0 Å². The first-order valence-electron chi connectivity index (χ1n) is 12.8. The Morgan fingerprint density at radius 2 is 1.87 bits per heavy atom. The molecule has 2 atom stereocenters. The van der Waals surface area contributed by atoms with Crippen molar-refractivity contribution in [2.75, 3.05) is 25.6 Å². The average molecular weight is 522 g/mol. The third-order valence-corrected chi connectivity index (χ3v) is 7.06. The van der Waals surface area contributed by atoms with Crippen LogP contribution < -0.4 is 15.4 Å². The lowest BCUT2D eigenvalue weighted by molar-refractivity contribution is 0.00230. The fraction of sp³-hybridized carbons (Fsp3) is 0.194. The third kappa shape index (κ3) is 4.92. The van der Waals surface area contributed by atoms with E-state index in [9.17, 15) is 0 Å². The number of nitrogens with zero attached hydrogens (tertiary/aromatic N) is 3. The highest BCUT2D eigenvalue weighted by atomic mass is 19.1. The molecule has 39 heavy (non-hydrogen) atoms. The molecule has 0 aliphatic carbocycles. The number of hydrogen-bond donors (Lipinski definition) is 2. The molecule has 6 rings (SSSR count). The van der Waals surface area contributed by atoms with Gasteiger partial charge in [-0.3, -0.25) is 4.98 Å². The largest absolute Gasteiger partial charge is 0.481 e. The van der Waals surface area contributed by atoms with Gasteiger partial charge in [0.25, 0.3) is 0 Å². The summed E-state index contributed by atoms with van der Waals surface area (Å²) >= 11 is 0. The number of fused-ring (bicyclic) bond motifs is 1. The minimum absolute atomic E-state index is 0.0512. The summed E-state index contributed by atoms with van der Waals surface area (Å²) in [7, 11) is 1.60. The molecule has 5 aromatic rings. The predicted octanol–water partition coefficient (Wildman–Crippen LogP) is 6.29. The van der Waals surface area contributed by atoms with Crippen molar-refractivity contribution in [2.24, 2.45) is 0 Å². The van der Waals surface area contributed by atoms with Crippen LogP contribution in [0.5, 0.6) is 5.88 Å². The van der Waals surface area contributed by atoms with Crippen molar-refractivity contribution in [2.45, 2.75) is 19.1 Å². The number of methoxy groups -OCH3 is 1. The normalized spacial score (nSPS) is 17.2. The van der Waals surface area contributed by atoms with E-state index in [1.54, 1.807) is 25.6 Å². The average Bonchev–Trinajstić information content (AvgIpc) is 2.99. The molecule has 2 unspecified atom stereocenters. The molecule has 4 heterocycles. The van der Waals surface area contributed by atoms with E-state index in [0.717, 1.165) is 28.1 Å². The Morgan fingerprint density at radius 1 is 1.00 bits per heavy atom. The van der Waals surface area contributed by atoms with E-state index in [4.69, 9.17) is 14.5 Å². The van der Waals surface area contributed by atoms with Crippen LogP contribution in [0, 0.1) is 12.7 Å². The van der Waals surface area contributed by atoms with Crippen LogP contribution >= 0.6 is 0 Å². The first kappa shape index (κ1) is 24.9. The third-order valence-electron chi connectivity index (χ3n) is 7.06. The van der Waals surface area contributed by atoms with E-state index in [1.165, 1.54) is 6.07 Å². The molecule has 1 aliphatic rings. The first-order valence-corrected chi connectivity index (χ1v) is 12.8. The zero-order valence-corrected chi connectivity index (χ0v) is 21.7. The van der Waals surface area contributed by atoms with Crippen molar-refractivity contribution in [1.82, 2.24) is 20.3 Å². The summed E-state index contributed by atoms with van der Waals surface area (Å²) in [5, 5.41) is 7.63. The van der Waals surface area contributed by atoms with Gasteiger partial charge in [0.2, 0.25) is 5.88 Å². The number of rotatable bonds is 6. The molecule has 0 amide bonds. The molecule has 7 nitrogen and oxygen atoms in total. The standard InChI is InChI=1S/C31H28FN5O2/c1-19-30(25-11-5-6-15-33-25)37-24-12-7-9-22(32)29(24)31(19)36-23-10-4-3-8-21(23)26-18-39-27(17-34-26)20-13-14-28(38-2)35-16-20/h3-16,26-27,34H,17-18H2,1-2H3,(H,36,37). The van der Waals surface area contributed by atoms with Gasteiger partial charge in [0.15, 0.2) is 0 Å². The van der Waals surface area contributed by atoms with Crippen LogP contribution in [0.3, 0.4) is 0 Å². The SMILES string of the molecule is COc1ccc(C2CNC(c3ccccc3Nc3c(C)c(-c4ccccn4)nc4cccc(F)c34)CO2)cn1. The van der Waals surface area contributed by atoms with Crippen LogP contribution in [0.1, 0.15) is 28.8 Å². The number of anilines is 2. The van der Waals surface area contributed by atoms with Crippen LogP contribution in [0.25, 0.3) is 22.3 Å². The Bertz CT molecular complexity index is 1600. The van der Waals surface area contributed by atoms with Crippen LogP contribution in [-0.4, -0.2) is 35.2 Å². The number of pyridine rings is 3. The van der Waals surface area contributed by atoms with E-state index in [0.29, 0.717) is 41.3 Å². The fourth-order valence-electron chi connectivity index (χ4n) is 5.02. The van der Waals surface area contributed by atoms with Crippen LogP contribution in [0.2, 0.25) is 0 Å². The smallest absolute Gasteiger partial charge is 0.212 e. The molecule has 1 fully saturated rings. The molecular weight excluding hydrogens is 493 g/mol. The van der Waals surface area contributed by atoms with Crippen molar-refractivity contribution < 1.29 is 13.9 Å². The lowest BCUT2D eigenvalue weighted by Crippen LogP contribution is -2.37. The number of halogens is 1. The molecule has 2 aromatic carbocycles. The highest BCUT2D eigenvalue weighted by Crippen LogP contribution is 2.38. The monoisotopic (exact) mass is 521 g/mol. The molecule has 196 valence electrons. The number of ether oxygens (including phenoxy) is 2. The van der Waals surface area contributed by atoms with Crippen molar-refractivity contribution in [3.05, 3.63) is 108 Å². The quantitative estimate of drug-likeness (QED) is 0.272. The maximum Gasteiger partial charge on any atom is 0.212 e. The van der Waals surface area contributed by atoms with Gasteiger partial charge >= 0.3 is 0 Å². The van der Waals surface area contributed by atoms with E-state index in [1.807, 2.05) is 61.5 Å². The second-order valence-corrected chi connectivity index (χ2v) is 9.44. The molecule has 0 spiro atoms. The zero-order valence-electron chi connectivity index (χ0n) is 21.7. The lowest BCUT2D eigenvalue weighted by Gasteiger charge is -2.32. The highest BCUT2D eigenvalue weighted by molar-refractivity contribution is 5.98. The topological polar surface area (TPSA) is 81.2 Å². The maximum absolute atomic E-state index is 15.2. The van der Waals surface area contributed by atoms with Crippen LogP contribution in [0.15, 0.2) is 85.2 Å². The lowest BCUT2D eigenvalue weighted by atomic mass is 10.00. The molecule has 0 radical (unpaired) electrons. The molecule has 1 saturated heterocycles.